The van der Waals surface area contributed by atoms with Gasteiger partial charge in [-0.3, -0.25) is 67.3 Å². The summed E-state index contributed by atoms with van der Waals surface area (Å²) >= 11 is 0. The zero-order chi connectivity index (χ0) is 66.2. The summed E-state index contributed by atoms with van der Waals surface area (Å²) in [5, 5.41) is 99.0. The number of aliphatic imine (C=N–C) groups is 1. The molecular formula is C44H81N13O25. The maximum atomic E-state index is 10.4. The van der Waals surface area contributed by atoms with Gasteiger partial charge in [-0.2, -0.15) is 0 Å². The molecule has 472 valence electrons. The lowest BCUT2D eigenvalue weighted by atomic mass is 10.0. The molecule has 2 amide bonds. The van der Waals surface area contributed by atoms with Crippen molar-refractivity contribution in [2.75, 3.05) is 6.54 Å². The monoisotopic (exact) mass is 1190 g/mol. The van der Waals surface area contributed by atoms with Crippen molar-refractivity contribution in [2.45, 2.75) is 139 Å². The molecule has 0 fully saturated rings. The van der Waals surface area contributed by atoms with E-state index in [0.717, 1.165) is 12.0 Å². The maximum absolute atomic E-state index is 10.4. The van der Waals surface area contributed by atoms with E-state index in [-0.39, 0.29) is 62.6 Å². The minimum Gasteiger partial charge on any atom is -0.508 e. The van der Waals surface area contributed by atoms with Gasteiger partial charge in [-0.25, -0.2) is 0 Å². The number of phenolic OH excluding ortho intramolecular Hbond substituents is 1. The zero-order valence-electron chi connectivity index (χ0n) is 44.7. The summed E-state index contributed by atoms with van der Waals surface area (Å²) in [5.74, 6) is -13.2. The molecular weight excluding hydrogens is 1110 g/mol. The first kappa shape index (κ1) is 87.0. The highest BCUT2D eigenvalue weighted by Gasteiger charge is 2.19. The standard InChI is InChI=1S/C9H11NO3.C6H14N4O2.C6H13NO2.2C5H10N2O3.C5H9NO4.2C4H7NO4/c10-8(9(12)13)5-6-1-3-7(11)4-2-6;7-4(5(11)12)2-1-3-10-6(8)9;1-3-4(2)5(7)6(8)9;3*6-3(5(9)10)1-2-4(7)8;2*5-2(4(8)9)1-3(6)7/h1-4,8,11H,5,10H2,(H,12,13);4H,1-3,7H2,(H,11,12)(H4,8,9,10);4-5H,3,7H2,1-2H3,(H,8,9);2*3H,1-2,6H2,(H2,7,8)(H,9,10);3H,1-2,6H2,(H,7,8)(H,9,10);2*2H,1,5H2,(H,6,7)(H,8,9)/t8-;4-;4-,5-;3*3-;2*2-/m00000000/s1. The van der Waals surface area contributed by atoms with Crippen molar-refractivity contribution in [2.24, 2.45) is 79.7 Å². The van der Waals surface area contributed by atoms with Gasteiger partial charge in [0.2, 0.25) is 11.8 Å². The smallest absolute Gasteiger partial charge is 0.321 e. The van der Waals surface area contributed by atoms with Gasteiger partial charge in [-0.1, -0.05) is 32.4 Å². The summed E-state index contributed by atoms with van der Waals surface area (Å²) in [6.07, 6.45) is 1.000. The number of nitrogens with zero attached hydrogens (tertiary/aromatic N) is 1. The Morgan fingerprint density at radius 3 is 0.951 bits per heavy atom. The van der Waals surface area contributed by atoms with E-state index in [4.69, 9.17) is 130 Å². The van der Waals surface area contributed by atoms with Crippen LogP contribution in [0.4, 0.5) is 0 Å². The van der Waals surface area contributed by atoms with Gasteiger partial charge in [-0.05, 0) is 62.1 Å². The molecule has 0 saturated carbocycles. The lowest BCUT2D eigenvalue weighted by Crippen LogP contribution is -2.36. The summed E-state index contributed by atoms with van der Waals surface area (Å²) in [6.45, 7) is 4.18. The van der Waals surface area contributed by atoms with Crippen LogP contribution in [0.3, 0.4) is 0 Å². The Morgan fingerprint density at radius 1 is 0.427 bits per heavy atom. The minimum absolute atomic E-state index is 0.0129. The molecule has 1 rings (SSSR count). The van der Waals surface area contributed by atoms with Crippen LogP contribution in [0, 0.1) is 5.92 Å². The van der Waals surface area contributed by atoms with E-state index in [1.165, 1.54) is 12.1 Å². The fourth-order valence-corrected chi connectivity index (χ4v) is 3.91. The van der Waals surface area contributed by atoms with Crippen LogP contribution >= 0.6 is 0 Å². The average Bonchev–Trinajstić information content (AvgIpc) is 3.35. The van der Waals surface area contributed by atoms with Gasteiger partial charge in [-0.15, -0.1) is 0 Å². The number of hydrogen-bond acceptors (Lipinski definition) is 23. The van der Waals surface area contributed by atoms with Crippen LogP contribution in [0.1, 0.15) is 90.0 Å². The molecule has 36 N–H and O–H groups in total. The number of aromatic hydroxyl groups is 1. The van der Waals surface area contributed by atoms with Gasteiger partial charge < -0.3 is 130 Å². The Balaban J connectivity index is -0.000000157. The van der Waals surface area contributed by atoms with Crippen molar-refractivity contribution in [1.82, 2.24) is 0 Å². The number of primary amides is 2. The SMILES string of the molecule is CC[C@H](C)[C@H](N)C(=O)O.NC(=O)CC[C@H](N)C(=O)O.NC(=O)CC[C@H](N)C(=O)O.NC(N)=NCCC[C@H](N)C(=O)O.N[C@@H](CC(=O)O)C(=O)O.N[C@@H](CC(=O)O)C(=O)O.N[C@@H](CCC(=O)O)C(=O)O.N[C@@H](Cc1ccc(O)cc1)C(=O)O. The number of carboxylic acid groups (broad SMARTS) is 11. The zero-order valence-corrected chi connectivity index (χ0v) is 44.7. The van der Waals surface area contributed by atoms with Crippen LogP contribution in [0.15, 0.2) is 29.3 Å². The molecule has 0 bridgehead atoms. The third kappa shape index (κ3) is 65.4. The van der Waals surface area contributed by atoms with Gasteiger partial charge in [0.15, 0.2) is 5.96 Å². The van der Waals surface area contributed by atoms with Crippen LogP contribution in [0.25, 0.3) is 0 Å². The molecule has 38 heteroatoms. The largest absolute Gasteiger partial charge is 0.508 e. The predicted molar refractivity (Wildman–Crippen MR) is 284 cm³/mol. The third-order valence-electron chi connectivity index (χ3n) is 8.98. The van der Waals surface area contributed by atoms with E-state index in [9.17, 15) is 62.3 Å². The van der Waals surface area contributed by atoms with Crippen LogP contribution < -0.4 is 68.8 Å². The number of rotatable bonds is 29. The van der Waals surface area contributed by atoms with E-state index in [1.54, 1.807) is 12.1 Å². The molecule has 0 spiro atoms. The van der Waals surface area contributed by atoms with Gasteiger partial charge >= 0.3 is 65.7 Å². The highest BCUT2D eigenvalue weighted by molar-refractivity contribution is 5.81. The summed E-state index contributed by atoms with van der Waals surface area (Å²) < 4.78 is 0. The van der Waals surface area contributed by atoms with Gasteiger partial charge in [0.05, 0.1) is 12.8 Å². The molecule has 0 aliphatic carbocycles. The highest BCUT2D eigenvalue weighted by Crippen LogP contribution is 2.11. The Bertz CT molecular complexity index is 2040. The Morgan fingerprint density at radius 2 is 0.732 bits per heavy atom. The normalized spacial score (nSPS) is 12.9. The van der Waals surface area contributed by atoms with Crippen molar-refractivity contribution in [1.29, 1.82) is 0 Å². The number of hydrogen-bond donors (Lipinski definition) is 24. The molecule has 9 atom stereocenters. The molecule has 0 radical (unpaired) electrons. The summed E-state index contributed by atoms with van der Waals surface area (Å²) in [7, 11) is 0. The lowest BCUT2D eigenvalue weighted by Gasteiger charge is -2.11. The molecule has 1 aromatic rings. The molecule has 0 saturated heterocycles. The third-order valence-corrected chi connectivity index (χ3v) is 8.98. The van der Waals surface area contributed by atoms with E-state index in [2.05, 4.69) is 4.99 Å². The van der Waals surface area contributed by atoms with Gasteiger partial charge in [0.1, 0.15) is 54.1 Å². The molecule has 0 aliphatic rings. The van der Waals surface area contributed by atoms with Crippen molar-refractivity contribution in [3.63, 3.8) is 0 Å². The molecule has 0 aromatic heterocycles. The predicted octanol–water partition coefficient (Wildman–Crippen LogP) is -6.42. The number of guanidine groups is 1. The number of amides is 2. The molecule has 0 unspecified atom stereocenters. The molecule has 0 heterocycles. The fourth-order valence-electron chi connectivity index (χ4n) is 3.91. The first-order valence-corrected chi connectivity index (χ1v) is 23.3. The second-order valence-electron chi connectivity index (χ2n) is 16.3. The molecule has 1 aromatic carbocycles. The summed E-state index contributed by atoms with van der Waals surface area (Å²) in [6, 6.07) is -1.69. The molecule has 82 heavy (non-hydrogen) atoms. The number of nitrogens with two attached hydrogens (primary N) is 12. The van der Waals surface area contributed by atoms with Crippen molar-refractivity contribution < 1.29 is 124 Å². The van der Waals surface area contributed by atoms with E-state index >= 15 is 0 Å². The summed E-state index contributed by atoms with van der Waals surface area (Å²) in [4.78, 5) is 134. The Kier molecular flexibility index (Phi) is 54.6. The number of carbonyl (C=O) groups excluding carboxylic acids is 2. The van der Waals surface area contributed by atoms with Crippen LogP contribution in [0.2, 0.25) is 0 Å². The van der Waals surface area contributed by atoms with E-state index in [1.807, 2.05) is 13.8 Å². The second kappa shape index (κ2) is 51.5. The number of carboxylic acids is 11. The average molecular weight is 1190 g/mol. The maximum Gasteiger partial charge on any atom is 0.321 e. The van der Waals surface area contributed by atoms with Crippen molar-refractivity contribution in [3.05, 3.63) is 29.8 Å². The number of carbonyl (C=O) groups is 13. The van der Waals surface area contributed by atoms with Crippen LogP contribution in [-0.2, 0) is 68.7 Å². The molecule has 0 aliphatic heterocycles. The Hall–Kier alpha value is -8.92. The molecule has 38 nitrogen and oxygen atoms in total. The summed E-state index contributed by atoms with van der Waals surface area (Å²) in [5.41, 5.74) is 61.0. The highest BCUT2D eigenvalue weighted by atomic mass is 16.4. The number of benzene rings is 1. The quantitative estimate of drug-likeness (QED) is 0.0201. The number of aliphatic carboxylic acids is 11. The topological polar surface area (TPSA) is 789 Å². The first-order chi connectivity index (χ1) is 37.4. The first-order valence-electron chi connectivity index (χ1n) is 23.3. The van der Waals surface area contributed by atoms with Crippen molar-refractivity contribution in [3.8, 4) is 5.75 Å². The number of phenols is 1. The van der Waals surface area contributed by atoms with E-state index < -0.39 is 139 Å². The van der Waals surface area contributed by atoms with Crippen LogP contribution in [0.5, 0.6) is 5.75 Å². The second-order valence-corrected chi connectivity index (χ2v) is 16.3. The van der Waals surface area contributed by atoms with Gasteiger partial charge in [0, 0.05) is 25.8 Å². The fraction of sp³-hybridized carbons (Fsp3) is 0.545. The minimum atomic E-state index is -1.29. The van der Waals surface area contributed by atoms with E-state index in [0.29, 0.717) is 19.4 Å². The van der Waals surface area contributed by atoms with Crippen molar-refractivity contribution >= 4 is 83.4 Å². The van der Waals surface area contributed by atoms with Gasteiger partial charge in [0.25, 0.3) is 0 Å². The Labute approximate surface area is 467 Å². The lowest BCUT2D eigenvalue weighted by molar-refractivity contribution is -0.144. The van der Waals surface area contributed by atoms with Crippen LogP contribution in [-0.4, -0.2) is 200 Å².